The van der Waals surface area contributed by atoms with Crippen LogP contribution in [0.2, 0.25) is 5.02 Å². The summed E-state index contributed by atoms with van der Waals surface area (Å²) in [4.78, 5) is 25.4. The number of halogens is 2. The lowest BCUT2D eigenvalue weighted by Crippen LogP contribution is -2.47. The molecule has 0 saturated carbocycles. The van der Waals surface area contributed by atoms with Crippen LogP contribution >= 0.6 is 11.6 Å². The molecule has 2 amide bonds. The zero-order valence-electron chi connectivity index (χ0n) is 12.3. The minimum absolute atomic E-state index is 0.113. The molecule has 2 rings (SSSR count). The Morgan fingerprint density at radius 1 is 1.41 bits per heavy atom. The molecule has 0 aromatic heterocycles. The van der Waals surface area contributed by atoms with Crippen molar-refractivity contribution in [1.82, 2.24) is 4.90 Å². The largest absolute Gasteiger partial charge is 0.369 e. The van der Waals surface area contributed by atoms with Gasteiger partial charge in [0.25, 0.3) is 0 Å². The number of amides is 2. The van der Waals surface area contributed by atoms with Crippen molar-refractivity contribution in [2.45, 2.75) is 25.8 Å². The summed E-state index contributed by atoms with van der Waals surface area (Å²) in [5.41, 5.74) is 5.68. The molecule has 1 aromatic rings. The van der Waals surface area contributed by atoms with E-state index in [1.807, 2.05) is 4.90 Å². The summed E-state index contributed by atoms with van der Waals surface area (Å²) >= 11 is 5.90. The van der Waals surface area contributed by atoms with Crippen LogP contribution in [-0.4, -0.2) is 35.8 Å². The standard InChI is InChI=1S/C15H19ClFN3O2/c1-9(20-6-4-10(5-7-20)14(18)21)15(22)19-13-3-2-11(17)8-12(13)16/h2-3,8-10H,4-7H2,1H3,(H2,18,21)(H,19,22). The Morgan fingerprint density at radius 3 is 2.59 bits per heavy atom. The fourth-order valence-corrected chi connectivity index (χ4v) is 2.78. The normalized spacial score (nSPS) is 18.0. The first kappa shape index (κ1) is 16.7. The Morgan fingerprint density at radius 2 is 2.05 bits per heavy atom. The Hall–Kier alpha value is -1.66. The monoisotopic (exact) mass is 327 g/mol. The zero-order valence-corrected chi connectivity index (χ0v) is 13.1. The minimum Gasteiger partial charge on any atom is -0.369 e. The SMILES string of the molecule is CC(C(=O)Nc1ccc(F)cc1Cl)N1CCC(C(N)=O)CC1. The average Bonchev–Trinajstić information content (AvgIpc) is 2.49. The van der Waals surface area contributed by atoms with Crippen molar-refractivity contribution >= 4 is 29.1 Å². The Labute approximate surface area is 133 Å². The Bertz CT molecular complexity index is 574. The average molecular weight is 328 g/mol. The first-order valence-corrected chi connectivity index (χ1v) is 7.55. The van der Waals surface area contributed by atoms with Crippen LogP contribution in [0.5, 0.6) is 0 Å². The molecule has 1 heterocycles. The van der Waals surface area contributed by atoms with Gasteiger partial charge in [0.15, 0.2) is 0 Å². The quantitative estimate of drug-likeness (QED) is 0.888. The van der Waals surface area contributed by atoms with Crippen molar-refractivity contribution in [1.29, 1.82) is 0 Å². The molecule has 5 nitrogen and oxygen atoms in total. The number of hydrogen-bond donors (Lipinski definition) is 2. The molecule has 22 heavy (non-hydrogen) atoms. The fourth-order valence-electron chi connectivity index (χ4n) is 2.57. The van der Waals surface area contributed by atoms with Crippen LogP contribution in [0.3, 0.4) is 0 Å². The number of nitrogens with zero attached hydrogens (tertiary/aromatic N) is 1. The smallest absolute Gasteiger partial charge is 0.241 e. The molecular formula is C15H19ClFN3O2. The van der Waals surface area contributed by atoms with Crippen LogP contribution < -0.4 is 11.1 Å². The van der Waals surface area contributed by atoms with Gasteiger partial charge in [-0.15, -0.1) is 0 Å². The summed E-state index contributed by atoms with van der Waals surface area (Å²) in [5.74, 6) is -1.07. The topological polar surface area (TPSA) is 75.4 Å². The van der Waals surface area contributed by atoms with Crippen molar-refractivity contribution in [2.75, 3.05) is 18.4 Å². The third kappa shape index (κ3) is 3.96. The van der Waals surface area contributed by atoms with E-state index in [-0.39, 0.29) is 28.8 Å². The van der Waals surface area contributed by atoms with Crippen molar-refractivity contribution in [3.63, 3.8) is 0 Å². The summed E-state index contributed by atoms with van der Waals surface area (Å²) in [6.45, 7) is 3.07. The molecule has 120 valence electrons. The molecule has 1 saturated heterocycles. The summed E-state index contributed by atoms with van der Waals surface area (Å²) in [5, 5.41) is 2.86. The van der Waals surface area contributed by atoms with Crippen molar-refractivity contribution in [3.8, 4) is 0 Å². The van der Waals surface area contributed by atoms with E-state index in [9.17, 15) is 14.0 Å². The number of primary amides is 1. The van der Waals surface area contributed by atoms with Crippen LogP contribution in [0, 0.1) is 11.7 Å². The maximum Gasteiger partial charge on any atom is 0.241 e. The van der Waals surface area contributed by atoms with Gasteiger partial charge in [0.1, 0.15) is 5.82 Å². The second kappa shape index (κ2) is 7.07. The summed E-state index contributed by atoms with van der Waals surface area (Å²) in [6.07, 6.45) is 1.31. The molecule has 7 heteroatoms. The number of benzene rings is 1. The highest BCUT2D eigenvalue weighted by atomic mass is 35.5. The van der Waals surface area contributed by atoms with Gasteiger partial charge in [0.05, 0.1) is 16.8 Å². The van der Waals surface area contributed by atoms with Gasteiger partial charge in [-0.3, -0.25) is 14.5 Å². The molecule has 1 aromatic carbocycles. The number of likely N-dealkylation sites (tertiary alicyclic amines) is 1. The van der Waals surface area contributed by atoms with Crippen molar-refractivity contribution < 1.29 is 14.0 Å². The minimum atomic E-state index is -0.454. The molecule has 1 unspecified atom stereocenters. The number of piperidine rings is 1. The highest BCUT2D eigenvalue weighted by Gasteiger charge is 2.28. The lowest BCUT2D eigenvalue weighted by atomic mass is 9.95. The molecule has 1 aliphatic rings. The maximum atomic E-state index is 13.0. The second-order valence-electron chi connectivity index (χ2n) is 5.50. The fraction of sp³-hybridized carbons (Fsp3) is 0.467. The number of carbonyl (C=O) groups excluding carboxylic acids is 2. The first-order chi connectivity index (χ1) is 10.4. The maximum absolute atomic E-state index is 13.0. The zero-order chi connectivity index (χ0) is 16.3. The highest BCUT2D eigenvalue weighted by Crippen LogP contribution is 2.24. The third-order valence-corrected chi connectivity index (χ3v) is 4.36. The Balaban J connectivity index is 1.94. The molecular weight excluding hydrogens is 309 g/mol. The number of rotatable bonds is 4. The van der Waals surface area contributed by atoms with Gasteiger partial charge in [0, 0.05) is 5.92 Å². The van der Waals surface area contributed by atoms with Crippen LogP contribution in [-0.2, 0) is 9.59 Å². The molecule has 0 bridgehead atoms. The number of carbonyl (C=O) groups is 2. The molecule has 1 fully saturated rings. The third-order valence-electron chi connectivity index (χ3n) is 4.05. The molecule has 1 aliphatic heterocycles. The van der Waals surface area contributed by atoms with Crippen LogP contribution in [0.4, 0.5) is 10.1 Å². The van der Waals surface area contributed by atoms with E-state index in [0.29, 0.717) is 31.6 Å². The number of nitrogens with one attached hydrogen (secondary N) is 1. The lowest BCUT2D eigenvalue weighted by molar-refractivity contribution is -0.124. The predicted octanol–water partition coefficient (Wildman–Crippen LogP) is 2.00. The van der Waals surface area contributed by atoms with E-state index in [4.69, 9.17) is 17.3 Å². The lowest BCUT2D eigenvalue weighted by Gasteiger charge is -2.34. The number of hydrogen-bond acceptors (Lipinski definition) is 3. The number of nitrogens with two attached hydrogens (primary N) is 1. The second-order valence-corrected chi connectivity index (χ2v) is 5.91. The van der Waals surface area contributed by atoms with Gasteiger partial charge < -0.3 is 11.1 Å². The van der Waals surface area contributed by atoms with E-state index in [1.165, 1.54) is 12.1 Å². The molecule has 1 atom stereocenters. The summed E-state index contributed by atoms with van der Waals surface area (Å²) < 4.78 is 13.0. The van der Waals surface area contributed by atoms with Gasteiger partial charge in [-0.2, -0.15) is 0 Å². The molecule has 3 N–H and O–H groups in total. The molecule has 0 aliphatic carbocycles. The van der Waals surface area contributed by atoms with Gasteiger partial charge in [0.2, 0.25) is 11.8 Å². The van der Waals surface area contributed by atoms with Gasteiger partial charge in [-0.05, 0) is 51.1 Å². The van der Waals surface area contributed by atoms with E-state index in [1.54, 1.807) is 6.92 Å². The van der Waals surface area contributed by atoms with Crippen LogP contribution in [0.25, 0.3) is 0 Å². The van der Waals surface area contributed by atoms with Gasteiger partial charge >= 0.3 is 0 Å². The van der Waals surface area contributed by atoms with Gasteiger partial charge in [-0.25, -0.2) is 4.39 Å². The van der Waals surface area contributed by atoms with Gasteiger partial charge in [-0.1, -0.05) is 11.6 Å². The first-order valence-electron chi connectivity index (χ1n) is 7.17. The highest BCUT2D eigenvalue weighted by molar-refractivity contribution is 6.33. The molecule has 0 spiro atoms. The van der Waals surface area contributed by atoms with Crippen molar-refractivity contribution in [2.24, 2.45) is 11.7 Å². The summed E-state index contributed by atoms with van der Waals surface area (Å²) in [6, 6.07) is 3.46. The van der Waals surface area contributed by atoms with E-state index in [2.05, 4.69) is 5.32 Å². The van der Waals surface area contributed by atoms with E-state index < -0.39 is 5.82 Å². The van der Waals surface area contributed by atoms with E-state index in [0.717, 1.165) is 6.07 Å². The van der Waals surface area contributed by atoms with Crippen molar-refractivity contribution in [3.05, 3.63) is 29.0 Å². The van der Waals surface area contributed by atoms with Crippen LogP contribution in [0.1, 0.15) is 19.8 Å². The number of anilines is 1. The molecule has 0 radical (unpaired) electrons. The Kier molecular flexibility index (Phi) is 5.37. The van der Waals surface area contributed by atoms with Crippen LogP contribution in [0.15, 0.2) is 18.2 Å². The summed E-state index contributed by atoms with van der Waals surface area (Å²) in [7, 11) is 0. The predicted molar refractivity (Wildman–Crippen MR) is 83.0 cm³/mol. The van der Waals surface area contributed by atoms with E-state index >= 15 is 0 Å².